The number of ether oxygens (including phenoxy) is 2. The molecule has 0 saturated carbocycles. The zero-order chi connectivity index (χ0) is 23.9. The van der Waals surface area contributed by atoms with Gasteiger partial charge < -0.3 is 19.3 Å². The SMILES string of the molecule is CCc1ccc(C(=O)N2CCN(C(=O)c3ccc(OCc4ccccc4)c(OC)c3)CC2)cc1. The van der Waals surface area contributed by atoms with Crippen molar-refractivity contribution in [1.82, 2.24) is 9.80 Å². The summed E-state index contributed by atoms with van der Waals surface area (Å²) in [4.78, 5) is 29.5. The molecule has 1 saturated heterocycles. The highest BCUT2D eigenvalue weighted by Gasteiger charge is 2.26. The summed E-state index contributed by atoms with van der Waals surface area (Å²) in [7, 11) is 1.57. The lowest BCUT2D eigenvalue weighted by molar-refractivity contribution is 0.0535. The Bertz CT molecular complexity index is 1120. The Morgan fingerprint density at radius 2 is 1.32 bits per heavy atom. The Balaban J connectivity index is 1.36. The fraction of sp³-hybridized carbons (Fsp3) is 0.286. The predicted octanol–water partition coefficient (Wildman–Crippen LogP) is 4.43. The van der Waals surface area contributed by atoms with Gasteiger partial charge in [-0.25, -0.2) is 0 Å². The third-order valence-electron chi connectivity index (χ3n) is 6.11. The van der Waals surface area contributed by atoms with E-state index in [1.54, 1.807) is 30.2 Å². The second-order valence-electron chi connectivity index (χ2n) is 8.27. The van der Waals surface area contributed by atoms with Crippen LogP contribution in [0.25, 0.3) is 0 Å². The summed E-state index contributed by atoms with van der Waals surface area (Å²) in [6, 6.07) is 22.9. The van der Waals surface area contributed by atoms with Crippen LogP contribution in [0.2, 0.25) is 0 Å². The third-order valence-corrected chi connectivity index (χ3v) is 6.11. The fourth-order valence-corrected chi connectivity index (χ4v) is 4.02. The summed E-state index contributed by atoms with van der Waals surface area (Å²) in [5, 5.41) is 0. The quantitative estimate of drug-likeness (QED) is 0.525. The molecule has 6 heteroatoms. The standard InChI is InChI=1S/C28H30N2O4/c1-3-21-9-11-23(12-10-21)27(31)29-15-17-30(18-16-29)28(32)24-13-14-25(26(19-24)33-2)34-20-22-7-5-4-6-8-22/h4-14,19H,3,15-18,20H2,1-2H3. The minimum atomic E-state index is -0.0766. The Hall–Kier alpha value is -3.80. The van der Waals surface area contributed by atoms with Crippen LogP contribution in [0.15, 0.2) is 72.8 Å². The topological polar surface area (TPSA) is 59.1 Å². The zero-order valence-corrected chi connectivity index (χ0v) is 19.7. The van der Waals surface area contributed by atoms with Gasteiger partial charge in [-0.05, 0) is 47.9 Å². The molecule has 34 heavy (non-hydrogen) atoms. The highest BCUT2D eigenvalue weighted by atomic mass is 16.5. The minimum Gasteiger partial charge on any atom is -0.493 e. The lowest BCUT2D eigenvalue weighted by Gasteiger charge is -2.35. The molecule has 0 bridgehead atoms. The van der Waals surface area contributed by atoms with Crippen LogP contribution >= 0.6 is 0 Å². The van der Waals surface area contributed by atoms with Gasteiger partial charge in [0.25, 0.3) is 11.8 Å². The van der Waals surface area contributed by atoms with E-state index in [-0.39, 0.29) is 11.8 Å². The van der Waals surface area contributed by atoms with E-state index in [4.69, 9.17) is 9.47 Å². The molecule has 2 amide bonds. The monoisotopic (exact) mass is 458 g/mol. The van der Waals surface area contributed by atoms with Crippen LogP contribution in [0.3, 0.4) is 0 Å². The molecule has 1 fully saturated rings. The molecular weight excluding hydrogens is 428 g/mol. The smallest absolute Gasteiger partial charge is 0.254 e. The van der Waals surface area contributed by atoms with Gasteiger partial charge in [0, 0.05) is 37.3 Å². The van der Waals surface area contributed by atoms with E-state index in [0.717, 1.165) is 12.0 Å². The number of hydrogen-bond donors (Lipinski definition) is 0. The van der Waals surface area contributed by atoms with Gasteiger partial charge in [0.05, 0.1) is 7.11 Å². The summed E-state index contributed by atoms with van der Waals surface area (Å²) in [6.45, 7) is 4.51. The van der Waals surface area contributed by atoms with Crippen LogP contribution in [0, 0.1) is 0 Å². The number of aryl methyl sites for hydroxylation is 1. The van der Waals surface area contributed by atoms with Crippen LogP contribution in [0.5, 0.6) is 11.5 Å². The average Bonchev–Trinajstić information content (AvgIpc) is 2.91. The number of benzene rings is 3. The van der Waals surface area contributed by atoms with Crippen LogP contribution in [-0.4, -0.2) is 54.9 Å². The second-order valence-corrected chi connectivity index (χ2v) is 8.27. The van der Waals surface area contributed by atoms with Crippen molar-refractivity contribution in [3.63, 3.8) is 0 Å². The Kier molecular flexibility index (Phi) is 7.48. The van der Waals surface area contributed by atoms with Crippen LogP contribution in [0.1, 0.15) is 38.8 Å². The van der Waals surface area contributed by atoms with Crippen molar-refractivity contribution in [2.75, 3.05) is 33.3 Å². The van der Waals surface area contributed by atoms with E-state index in [1.165, 1.54) is 5.56 Å². The highest BCUT2D eigenvalue weighted by Crippen LogP contribution is 2.29. The summed E-state index contributed by atoms with van der Waals surface area (Å²) in [5.74, 6) is 1.04. The molecule has 1 aliphatic heterocycles. The largest absolute Gasteiger partial charge is 0.493 e. The van der Waals surface area contributed by atoms with Crippen molar-refractivity contribution in [3.05, 3.63) is 95.1 Å². The summed E-state index contributed by atoms with van der Waals surface area (Å²) < 4.78 is 11.4. The van der Waals surface area contributed by atoms with E-state index in [9.17, 15) is 9.59 Å². The number of nitrogens with zero attached hydrogens (tertiary/aromatic N) is 2. The van der Waals surface area contributed by atoms with E-state index in [1.807, 2.05) is 59.5 Å². The van der Waals surface area contributed by atoms with Gasteiger partial charge in [-0.2, -0.15) is 0 Å². The number of hydrogen-bond acceptors (Lipinski definition) is 4. The van der Waals surface area contributed by atoms with Gasteiger partial charge in [0.1, 0.15) is 6.61 Å². The molecule has 1 heterocycles. The number of carbonyl (C=O) groups excluding carboxylic acids is 2. The number of carbonyl (C=O) groups is 2. The Labute approximate surface area is 200 Å². The van der Waals surface area contributed by atoms with Crippen molar-refractivity contribution in [3.8, 4) is 11.5 Å². The molecule has 3 aromatic rings. The summed E-state index contributed by atoms with van der Waals surface area (Å²) in [5.41, 5.74) is 3.49. The maximum absolute atomic E-state index is 13.1. The first kappa shape index (κ1) is 23.4. The Morgan fingerprint density at radius 3 is 1.91 bits per heavy atom. The number of rotatable bonds is 7. The molecule has 6 nitrogen and oxygen atoms in total. The lowest BCUT2D eigenvalue weighted by Crippen LogP contribution is -2.50. The van der Waals surface area contributed by atoms with Crippen LogP contribution in [0.4, 0.5) is 0 Å². The molecule has 0 N–H and O–H groups in total. The van der Waals surface area contributed by atoms with Crippen molar-refractivity contribution < 1.29 is 19.1 Å². The van der Waals surface area contributed by atoms with Crippen molar-refractivity contribution in [2.24, 2.45) is 0 Å². The molecule has 3 aromatic carbocycles. The number of piperazine rings is 1. The highest BCUT2D eigenvalue weighted by molar-refractivity contribution is 5.96. The Morgan fingerprint density at radius 1 is 0.735 bits per heavy atom. The fourth-order valence-electron chi connectivity index (χ4n) is 4.02. The van der Waals surface area contributed by atoms with Gasteiger partial charge in [-0.15, -0.1) is 0 Å². The summed E-state index contributed by atoms with van der Waals surface area (Å²) in [6.07, 6.45) is 0.945. The van der Waals surface area contributed by atoms with Gasteiger partial charge in [-0.1, -0.05) is 49.4 Å². The molecular formula is C28H30N2O4. The van der Waals surface area contributed by atoms with Gasteiger partial charge in [0.15, 0.2) is 11.5 Å². The molecule has 0 spiro atoms. The predicted molar refractivity (Wildman–Crippen MR) is 131 cm³/mol. The van der Waals surface area contributed by atoms with Gasteiger partial charge in [-0.3, -0.25) is 9.59 Å². The lowest BCUT2D eigenvalue weighted by atomic mass is 10.1. The van der Waals surface area contributed by atoms with Crippen LogP contribution < -0.4 is 9.47 Å². The van der Waals surface area contributed by atoms with Crippen LogP contribution in [-0.2, 0) is 13.0 Å². The van der Waals surface area contributed by atoms with Gasteiger partial charge >= 0.3 is 0 Å². The second kappa shape index (κ2) is 10.9. The van der Waals surface area contributed by atoms with Crippen molar-refractivity contribution >= 4 is 11.8 Å². The van der Waals surface area contributed by atoms with E-state index in [0.29, 0.717) is 55.4 Å². The minimum absolute atomic E-state index is 0.0105. The molecule has 0 radical (unpaired) electrons. The molecule has 0 aliphatic carbocycles. The first-order valence-electron chi connectivity index (χ1n) is 11.6. The normalized spacial score (nSPS) is 13.5. The molecule has 0 aromatic heterocycles. The van der Waals surface area contributed by atoms with E-state index < -0.39 is 0 Å². The zero-order valence-electron chi connectivity index (χ0n) is 19.7. The van der Waals surface area contributed by atoms with E-state index >= 15 is 0 Å². The first-order chi connectivity index (χ1) is 16.6. The maximum Gasteiger partial charge on any atom is 0.254 e. The van der Waals surface area contributed by atoms with Gasteiger partial charge in [0.2, 0.25) is 0 Å². The third kappa shape index (κ3) is 5.39. The molecule has 0 unspecified atom stereocenters. The number of amides is 2. The van der Waals surface area contributed by atoms with Crippen molar-refractivity contribution in [1.29, 1.82) is 0 Å². The molecule has 0 atom stereocenters. The van der Waals surface area contributed by atoms with E-state index in [2.05, 4.69) is 6.92 Å². The summed E-state index contributed by atoms with van der Waals surface area (Å²) >= 11 is 0. The molecule has 1 aliphatic rings. The first-order valence-corrected chi connectivity index (χ1v) is 11.6. The average molecular weight is 459 g/mol. The number of methoxy groups -OCH3 is 1. The molecule has 4 rings (SSSR count). The van der Waals surface area contributed by atoms with Crippen molar-refractivity contribution in [2.45, 2.75) is 20.0 Å². The maximum atomic E-state index is 13.1. The molecule has 176 valence electrons.